The number of rotatable bonds is 2. The number of ether oxygens (including phenoxy) is 4. The van der Waals surface area contributed by atoms with E-state index in [0.717, 1.165) is 16.9 Å². The molecule has 5 nitrogen and oxygen atoms in total. The monoisotopic (exact) mass is 312 g/mol. The van der Waals surface area contributed by atoms with Gasteiger partial charge < -0.3 is 24.1 Å². The molecule has 0 saturated heterocycles. The first-order valence-corrected chi connectivity index (χ1v) is 7.33. The number of phenols is 1. The molecule has 2 aromatic rings. The topological polar surface area (TPSA) is 57.2 Å². The summed E-state index contributed by atoms with van der Waals surface area (Å²) in [7, 11) is 1.54. The van der Waals surface area contributed by atoms with Crippen LogP contribution in [0.2, 0.25) is 0 Å². The molecule has 0 aliphatic carbocycles. The van der Waals surface area contributed by atoms with Gasteiger partial charge >= 0.3 is 0 Å². The van der Waals surface area contributed by atoms with Crippen LogP contribution in [0.1, 0.15) is 24.0 Å². The van der Waals surface area contributed by atoms with Gasteiger partial charge in [-0.05, 0) is 25.1 Å². The molecule has 0 saturated carbocycles. The van der Waals surface area contributed by atoms with Gasteiger partial charge in [-0.3, -0.25) is 0 Å². The highest BCUT2D eigenvalue weighted by Crippen LogP contribution is 2.48. The van der Waals surface area contributed by atoms with Gasteiger partial charge in [-0.2, -0.15) is 0 Å². The van der Waals surface area contributed by atoms with Crippen LogP contribution in [0.4, 0.5) is 0 Å². The highest BCUT2D eigenvalue weighted by Gasteiger charge is 2.28. The summed E-state index contributed by atoms with van der Waals surface area (Å²) in [6, 6.07) is 9.21. The van der Waals surface area contributed by atoms with Gasteiger partial charge in [0, 0.05) is 23.1 Å². The number of allylic oxidation sites excluding steroid dienone is 2. The Balaban J connectivity index is 1.88. The third-order valence-corrected chi connectivity index (χ3v) is 4.10. The standard InChI is InChI=1S/C18H16O5/c1-10-6-12(11-4-3-5-14(20-2)18(11)19)13-7-16-17(22-9-21-16)8-15(13)23-10/h3-8,12,19H,9H2,1-2H3/t12-/m0/s1. The molecule has 0 aromatic heterocycles. The molecule has 5 heteroatoms. The van der Waals surface area contributed by atoms with Gasteiger partial charge in [0.15, 0.2) is 23.0 Å². The largest absolute Gasteiger partial charge is 0.504 e. The second-order valence-electron chi connectivity index (χ2n) is 5.50. The number of fused-ring (bicyclic) bond motifs is 2. The lowest BCUT2D eigenvalue weighted by Crippen LogP contribution is -2.09. The lowest BCUT2D eigenvalue weighted by Gasteiger charge is -2.25. The minimum Gasteiger partial charge on any atom is -0.504 e. The maximum Gasteiger partial charge on any atom is 0.231 e. The zero-order chi connectivity index (χ0) is 16.0. The van der Waals surface area contributed by atoms with E-state index in [2.05, 4.69) is 0 Å². The number of hydrogen-bond donors (Lipinski definition) is 1. The number of aromatic hydroxyl groups is 1. The Bertz CT molecular complexity index is 809. The van der Waals surface area contributed by atoms with E-state index >= 15 is 0 Å². The smallest absolute Gasteiger partial charge is 0.231 e. The summed E-state index contributed by atoms with van der Waals surface area (Å²) in [5.74, 6) is 3.27. The molecule has 0 fully saturated rings. The average Bonchev–Trinajstić information content (AvgIpc) is 2.99. The van der Waals surface area contributed by atoms with Crippen LogP contribution in [0.3, 0.4) is 0 Å². The van der Waals surface area contributed by atoms with Gasteiger partial charge in [0.2, 0.25) is 6.79 Å². The number of hydrogen-bond acceptors (Lipinski definition) is 5. The van der Waals surface area contributed by atoms with Crippen molar-refractivity contribution >= 4 is 0 Å². The second kappa shape index (κ2) is 5.12. The first kappa shape index (κ1) is 13.8. The molecule has 2 aliphatic heterocycles. The number of methoxy groups -OCH3 is 1. The number of para-hydroxylation sites is 1. The summed E-state index contributed by atoms with van der Waals surface area (Å²) in [6.45, 7) is 2.09. The molecule has 0 unspecified atom stereocenters. The minimum atomic E-state index is -0.150. The van der Waals surface area contributed by atoms with E-state index in [4.69, 9.17) is 18.9 Å². The third-order valence-electron chi connectivity index (χ3n) is 4.10. The first-order chi connectivity index (χ1) is 11.2. The lowest BCUT2D eigenvalue weighted by atomic mass is 9.87. The van der Waals surface area contributed by atoms with Crippen molar-refractivity contribution in [2.24, 2.45) is 0 Å². The average molecular weight is 312 g/mol. The van der Waals surface area contributed by atoms with Crippen LogP contribution in [0.15, 0.2) is 42.2 Å². The molecule has 0 radical (unpaired) electrons. The predicted molar refractivity (Wildman–Crippen MR) is 83.5 cm³/mol. The van der Waals surface area contributed by atoms with E-state index in [1.807, 2.05) is 37.3 Å². The second-order valence-corrected chi connectivity index (χ2v) is 5.50. The van der Waals surface area contributed by atoms with Crippen LogP contribution in [0, 0.1) is 0 Å². The van der Waals surface area contributed by atoms with Gasteiger partial charge in [0.1, 0.15) is 5.75 Å². The summed E-state index contributed by atoms with van der Waals surface area (Å²) in [4.78, 5) is 0. The van der Waals surface area contributed by atoms with Crippen molar-refractivity contribution in [3.8, 4) is 28.7 Å². The van der Waals surface area contributed by atoms with Crippen LogP contribution in [0.25, 0.3) is 0 Å². The molecule has 2 aliphatic rings. The van der Waals surface area contributed by atoms with Crippen molar-refractivity contribution in [3.63, 3.8) is 0 Å². The molecule has 1 atom stereocenters. The van der Waals surface area contributed by atoms with Crippen LogP contribution >= 0.6 is 0 Å². The van der Waals surface area contributed by atoms with Crippen LogP contribution in [-0.2, 0) is 0 Å². The maximum atomic E-state index is 10.5. The third kappa shape index (κ3) is 2.16. The Morgan fingerprint density at radius 3 is 2.65 bits per heavy atom. The van der Waals surface area contributed by atoms with E-state index < -0.39 is 0 Å². The van der Waals surface area contributed by atoms with Gasteiger partial charge in [-0.25, -0.2) is 0 Å². The SMILES string of the molecule is COc1cccc([C@@H]2C=C(C)Oc3cc4c(cc32)OCO4)c1O. The summed E-state index contributed by atoms with van der Waals surface area (Å²) < 4.78 is 21.9. The Kier molecular flexibility index (Phi) is 3.08. The molecule has 4 rings (SSSR count). The van der Waals surface area contributed by atoms with Gasteiger partial charge in [0.05, 0.1) is 12.9 Å². The molecule has 0 bridgehead atoms. The zero-order valence-corrected chi connectivity index (χ0v) is 12.8. The molecular weight excluding hydrogens is 296 g/mol. The fourth-order valence-corrected chi connectivity index (χ4v) is 3.01. The fraction of sp³-hybridized carbons (Fsp3) is 0.222. The van der Waals surface area contributed by atoms with Crippen molar-refractivity contribution < 1.29 is 24.1 Å². The van der Waals surface area contributed by atoms with Crippen LogP contribution in [0.5, 0.6) is 28.7 Å². The molecule has 2 heterocycles. The van der Waals surface area contributed by atoms with Gasteiger partial charge in [-0.15, -0.1) is 0 Å². The van der Waals surface area contributed by atoms with E-state index in [-0.39, 0.29) is 18.5 Å². The quantitative estimate of drug-likeness (QED) is 0.919. The van der Waals surface area contributed by atoms with E-state index in [1.165, 1.54) is 7.11 Å². The van der Waals surface area contributed by atoms with Crippen molar-refractivity contribution in [1.29, 1.82) is 0 Å². The van der Waals surface area contributed by atoms with Crippen LogP contribution in [-0.4, -0.2) is 19.0 Å². The number of phenolic OH excluding ortho intramolecular Hbond substituents is 1. The molecule has 23 heavy (non-hydrogen) atoms. The van der Waals surface area contributed by atoms with Crippen molar-refractivity contribution in [1.82, 2.24) is 0 Å². The summed E-state index contributed by atoms with van der Waals surface area (Å²) >= 11 is 0. The van der Waals surface area contributed by atoms with Gasteiger partial charge in [-0.1, -0.05) is 12.1 Å². The molecule has 0 amide bonds. The molecule has 0 spiro atoms. The first-order valence-electron chi connectivity index (χ1n) is 7.33. The summed E-state index contributed by atoms with van der Waals surface area (Å²) in [5, 5.41) is 10.5. The maximum absolute atomic E-state index is 10.5. The highest BCUT2D eigenvalue weighted by atomic mass is 16.7. The molecule has 118 valence electrons. The fourth-order valence-electron chi connectivity index (χ4n) is 3.01. The predicted octanol–water partition coefficient (Wildman–Crippen LogP) is 3.56. The van der Waals surface area contributed by atoms with Crippen molar-refractivity contribution in [2.45, 2.75) is 12.8 Å². The zero-order valence-electron chi connectivity index (χ0n) is 12.8. The summed E-state index contributed by atoms with van der Waals surface area (Å²) in [5.41, 5.74) is 1.68. The van der Waals surface area contributed by atoms with E-state index in [0.29, 0.717) is 23.0 Å². The highest BCUT2D eigenvalue weighted by molar-refractivity contribution is 5.60. The van der Waals surface area contributed by atoms with E-state index in [9.17, 15) is 5.11 Å². The molecular formula is C18H16O5. The normalized spacial score (nSPS) is 18.0. The Morgan fingerprint density at radius 1 is 1.09 bits per heavy atom. The van der Waals surface area contributed by atoms with Gasteiger partial charge in [0.25, 0.3) is 0 Å². The summed E-state index contributed by atoms with van der Waals surface area (Å²) in [6.07, 6.45) is 1.97. The lowest BCUT2D eigenvalue weighted by molar-refractivity contribution is 0.174. The molecule has 2 aromatic carbocycles. The Hall–Kier alpha value is -2.82. The van der Waals surface area contributed by atoms with Crippen LogP contribution < -0.4 is 18.9 Å². The van der Waals surface area contributed by atoms with Crippen molar-refractivity contribution in [3.05, 3.63) is 53.3 Å². The Morgan fingerprint density at radius 2 is 1.87 bits per heavy atom. The van der Waals surface area contributed by atoms with Crippen molar-refractivity contribution in [2.75, 3.05) is 13.9 Å². The minimum absolute atomic E-state index is 0.134. The molecule has 1 N–H and O–H groups in total. The number of benzene rings is 2. The Labute approximate surface area is 133 Å². The van der Waals surface area contributed by atoms with E-state index in [1.54, 1.807) is 6.07 Å².